The number of nitrogens with one attached hydrogen (secondary N) is 1. The Morgan fingerprint density at radius 2 is 2.03 bits per heavy atom. The second-order valence-corrected chi connectivity index (χ2v) is 8.38. The number of aryl methyl sites for hydroxylation is 1. The van der Waals surface area contributed by atoms with Crippen molar-refractivity contribution in [2.45, 2.75) is 44.8 Å². The van der Waals surface area contributed by atoms with Gasteiger partial charge in [-0.1, -0.05) is 23.7 Å². The molecule has 0 aromatic heterocycles. The van der Waals surface area contributed by atoms with Gasteiger partial charge in [0.05, 0.1) is 12.7 Å². The highest BCUT2D eigenvalue weighted by molar-refractivity contribution is 6.30. The Balaban J connectivity index is 0.00000166. The number of carbonyl (C=O) groups is 1. The zero-order valence-corrected chi connectivity index (χ0v) is 19.2. The lowest BCUT2D eigenvalue weighted by atomic mass is 9.83. The summed E-state index contributed by atoms with van der Waals surface area (Å²) in [5, 5.41) is 28.9. The first-order valence-electron chi connectivity index (χ1n) is 10.5. The summed E-state index contributed by atoms with van der Waals surface area (Å²) in [7, 11) is 3.12. The molecule has 3 rings (SSSR count). The Kier molecular flexibility index (Phi) is 9.93. The summed E-state index contributed by atoms with van der Waals surface area (Å²) in [6, 6.07) is 12.1. The summed E-state index contributed by atoms with van der Waals surface area (Å²) >= 11 is 6.35. The van der Waals surface area contributed by atoms with Crippen molar-refractivity contribution >= 4 is 23.2 Å². The Bertz CT molecular complexity index is 875. The van der Waals surface area contributed by atoms with E-state index < -0.39 is 6.10 Å². The number of likely N-dealkylation sites (N-methyl/N-ethyl adjacent to an activating group) is 1. The van der Waals surface area contributed by atoms with E-state index in [0.29, 0.717) is 19.3 Å². The molecular formula is C24H33ClN2O4. The maximum Gasteiger partial charge on any atom is 0.224 e. The van der Waals surface area contributed by atoms with Gasteiger partial charge in [0.15, 0.2) is 0 Å². The third-order valence-electron chi connectivity index (χ3n) is 5.49. The van der Waals surface area contributed by atoms with Crippen molar-refractivity contribution in [2.24, 2.45) is 0 Å². The number of fused-ring (bicyclic) bond motifs is 1. The monoisotopic (exact) mass is 448 g/mol. The Labute approximate surface area is 189 Å². The Morgan fingerprint density at radius 1 is 1.29 bits per heavy atom. The number of nitrogens with zero attached hydrogens (tertiary/aromatic N) is 1. The molecule has 0 bridgehead atoms. The molecule has 7 heteroatoms. The minimum atomic E-state index is -0.759. The number of aliphatic hydroxyl groups excluding tert-OH is 3. The summed E-state index contributed by atoms with van der Waals surface area (Å²) < 4.78 is 0. The summed E-state index contributed by atoms with van der Waals surface area (Å²) in [6.07, 6.45) is 0.497. The second kappa shape index (κ2) is 12.2. The molecule has 2 aromatic carbocycles. The minimum absolute atomic E-state index is 0.0904. The van der Waals surface area contributed by atoms with E-state index >= 15 is 0 Å². The van der Waals surface area contributed by atoms with E-state index in [2.05, 4.69) is 36.3 Å². The van der Waals surface area contributed by atoms with E-state index in [1.807, 2.05) is 24.3 Å². The van der Waals surface area contributed by atoms with Gasteiger partial charge in [-0.05, 0) is 73.3 Å². The van der Waals surface area contributed by atoms with Crippen molar-refractivity contribution in [3.05, 3.63) is 63.7 Å². The molecular weight excluding hydrogens is 416 g/mol. The predicted molar refractivity (Wildman–Crippen MR) is 125 cm³/mol. The summed E-state index contributed by atoms with van der Waals surface area (Å²) in [4.78, 5) is 14.5. The fourth-order valence-electron chi connectivity index (χ4n) is 4.00. The van der Waals surface area contributed by atoms with Crippen molar-refractivity contribution in [3.8, 4) is 0 Å². The third kappa shape index (κ3) is 7.02. The number of aliphatic hydroxyl groups is 3. The molecule has 2 atom stereocenters. The van der Waals surface area contributed by atoms with Gasteiger partial charge in [0.25, 0.3) is 0 Å². The average Bonchev–Trinajstić information content (AvgIpc) is 2.75. The number of hydrogen-bond acceptors (Lipinski definition) is 5. The zero-order chi connectivity index (χ0) is 23.0. The van der Waals surface area contributed by atoms with Crippen LogP contribution < -0.4 is 5.32 Å². The van der Waals surface area contributed by atoms with Crippen LogP contribution in [-0.2, 0) is 11.3 Å². The van der Waals surface area contributed by atoms with Crippen LogP contribution in [0.5, 0.6) is 0 Å². The van der Waals surface area contributed by atoms with Crippen molar-refractivity contribution in [3.63, 3.8) is 0 Å². The maximum absolute atomic E-state index is 12.2. The predicted octanol–water partition coefficient (Wildman–Crippen LogP) is 3.30. The van der Waals surface area contributed by atoms with Gasteiger partial charge in [-0.2, -0.15) is 0 Å². The first-order valence-corrected chi connectivity index (χ1v) is 10.9. The maximum atomic E-state index is 12.2. The first-order chi connectivity index (χ1) is 14.9. The lowest BCUT2D eigenvalue weighted by molar-refractivity contribution is -0.116. The molecule has 1 amide bonds. The molecule has 1 aliphatic rings. The molecule has 0 aliphatic carbocycles. The van der Waals surface area contributed by atoms with Crippen molar-refractivity contribution in [1.82, 2.24) is 4.90 Å². The Hall–Kier alpha value is -1.96. The molecule has 4 N–H and O–H groups in total. The molecule has 31 heavy (non-hydrogen) atoms. The molecule has 0 spiro atoms. The fourth-order valence-corrected chi connectivity index (χ4v) is 4.28. The van der Waals surface area contributed by atoms with E-state index in [1.165, 1.54) is 16.7 Å². The van der Waals surface area contributed by atoms with Crippen LogP contribution in [0.2, 0.25) is 5.02 Å². The number of carbonyl (C=O) groups excluding carboxylic acids is 1. The topological polar surface area (TPSA) is 93.0 Å². The lowest BCUT2D eigenvalue weighted by Gasteiger charge is -2.34. The van der Waals surface area contributed by atoms with E-state index in [1.54, 1.807) is 0 Å². The van der Waals surface area contributed by atoms with Gasteiger partial charge in [-0.25, -0.2) is 0 Å². The Morgan fingerprint density at radius 3 is 2.74 bits per heavy atom. The van der Waals surface area contributed by atoms with Gasteiger partial charge in [0, 0.05) is 43.2 Å². The highest BCUT2D eigenvalue weighted by atomic mass is 35.5. The summed E-state index contributed by atoms with van der Waals surface area (Å²) in [5.41, 5.74) is 5.70. The van der Waals surface area contributed by atoms with Gasteiger partial charge in [0.2, 0.25) is 5.91 Å². The molecule has 0 radical (unpaired) electrons. The number of rotatable bonds is 7. The number of anilines is 1. The number of hydrogen-bond donors (Lipinski definition) is 4. The van der Waals surface area contributed by atoms with Gasteiger partial charge in [-0.15, -0.1) is 0 Å². The fraction of sp³-hybridized carbons (Fsp3) is 0.458. The van der Waals surface area contributed by atoms with E-state index in [0.717, 1.165) is 36.5 Å². The molecule has 1 heterocycles. The number of benzene rings is 2. The van der Waals surface area contributed by atoms with Crippen molar-refractivity contribution in [2.75, 3.05) is 32.6 Å². The van der Waals surface area contributed by atoms with Gasteiger partial charge in [0.1, 0.15) is 0 Å². The van der Waals surface area contributed by atoms with Crippen molar-refractivity contribution in [1.29, 1.82) is 0 Å². The molecule has 170 valence electrons. The van der Waals surface area contributed by atoms with Crippen LogP contribution >= 0.6 is 11.6 Å². The van der Waals surface area contributed by atoms with Crippen LogP contribution in [0.4, 0.5) is 5.69 Å². The standard InChI is InChI=1S/C23H29ClN2O3.CH4O/c1-15-9-17(24)11-20-21(15)12-26(2)13-22(20)16-5-3-6-18(10-16)25-23(29)8-4-7-19(28)14-27;1-2/h3,5-6,9-11,19,22,27-28H,4,7-8,12-14H2,1-2H3,(H,25,29);2H,1H3. The van der Waals surface area contributed by atoms with E-state index in [9.17, 15) is 9.90 Å². The smallest absolute Gasteiger partial charge is 0.224 e. The highest BCUT2D eigenvalue weighted by Gasteiger charge is 2.26. The van der Waals surface area contributed by atoms with Crippen LogP contribution in [-0.4, -0.2) is 59.5 Å². The molecule has 0 fully saturated rings. The average molecular weight is 449 g/mol. The largest absolute Gasteiger partial charge is 0.400 e. The molecule has 0 saturated carbocycles. The summed E-state index contributed by atoms with van der Waals surface area (Å²) in [5.74, 6) is 0.102. The lowest BCUT2D eigenvalue weighted by Crippen LogP contribution is -2.31. The number of amides is 1. The SMILES string of the molecule is CO.Cc1cc(Cl)cc2c1CN(C)CC2c1cccc(NC(=O)CCCC(O)CO)c1. The van der Waals surface area contributed by atoms with Crippen LogP contribution in [0.15, 0.2) is 36.4 Å². The van der Waals surface area contributed by atoms with Gasteiger partial charge < -0.3 is 25.5 Å². The van der Waals surface area contributed by atoms with E-state index in [-0.39, 0.29) is 18.4 Å². The van der Waals surface area contributed by atoms with Gasteiger partial charge in [-0.3, -0.25) is 4.79 Å². The van der Waals surface area contributed by atoms with Gasteiger partial charge >= 0.3 is 0 Å². The molecule has 2 aromatic rings. The molecule has 0 saturated heterocycles. The molecule has 1 aliphatic heterocycles. The normalized spacial score (nSPS) is 16.7. The molecule has 2 unspecified atom stereocenters. The quantitative estimate of drug-likeness (QED) is 0.521. The van der Waals surface area contributed by atoms with Crippen LogP contribution in [0.1, 0.15) is 47.4 Å². The second-order valence-electron chi connectivity index (χ2n) is 7.94. The van der Waals surface area contributed by atoms with Crippen LogP contribution in [0.3, 0.4) is 0 Å². The molecule has 6 nitrogen and oxygen atoms in total. The summed E-state index contributed by atoms with van der Waals surface area (Å²) in [6.45, 7) is 3.63. The van der Waals surface area contributed by atoms with E-state index in [4.69, 9.17) is 21.8 Å². The zero-order valence-electron chi connectivity index (χ0n) is 18.4. The first kappa shape index (κ1) is 25.3. The van der Waals surface area contributed by atoms with Crippen LogP contribution in [0, 0.1) is 6.92 Å². The highest BCUT2D eigenvalue weighted by Crippen LogP contribution is 2.37. The minimum Gasteiger partial charge on any atom is -0.400 e. The van der Waals surface area contributed by atoms with Crippen molar-refractivity contribution < 1.29 is 20.1 Å². The van der Waals surface area contributed by atoms with Crippen LogP contribution in [0.25, 0.3) is 0 Å². The third-order valence-corrected chi connectivity index (χ3v) is 5.71. The number of halogens is 1.